The van der Waals surface area contributed by atoms with Crippen molar-refractivity contribution >= 4 is 11.7 Å². The van der Waals surface area contributed by atoms with Crippen LogP contribution in [0.25, 0.3) is 0 Å². The lowest BCUT2D eigenvalue weighted by Crippen LogP contribution is -2.18. The lowest BCUT2D eigenvalue weighted by Gasteiger charge is -2.05. The third-order valence-electron chi connectivity index (χ3n) is 1.65. The zero-order chi connectivity index (χ0) is 9.68. The van der Waals surface area contributed by atoms with E-state index >= 15 is 0 Å². The Labute approximate surface area is 76.9 Å². The molecule has 0 spiro atoms. The molecular formula is C8H14N4O. The number of rotatable bonds is 4. The van der Waals surface area contributed by atoms with Crippen molar-refractivity contribution in [1.29, 1.82) is 0 Å². The Balaban J connectivity index is 2.57. The van der Waals surface area contributed by atoms with Gasteiger partial charge in [0.1, 0.15) is 5.82 Å². The van der Waals surface area contributed by atoms with Crippen LogP contribution in [0.3, 0.4) is 0 Å². The monoisotopic (exact) mass is 182 g/mol. The third kappa shape index (κ3) is 2.55. The van der Waals surface area contributed by atoms with Crippen LogP contribution in [0.5, 0.6) is 0 Å². The van der Waals surface area contributed by atoms with Gasteiger partial charge in [-0.15, -0.1) is 0 Å². The first-order chi connectivity index (χ1) is 6.27. The Kier molecular flexibility index (Phi) is 3.45. The van der Waals surface area contributed by atoms with Gasteiger partial charge in [0.05, 0.1) is 6.20 Å². The molecule has 5 heteroatoms. The molecule has 0 aliphatic carbocycles. The highest BCUT2D eigenvalue weighted by molar-refractivity contribution is 5.89. The minimum absolute atomic E-state index is 0.0716. The van der Waals surface area contributed by atoms with Gasteiger partial charge in [0.15, 0.2) is 0 Å². The normalized spacial score (nSPS) is 10.0. The molecule has 1 rings (SSSR count). The fourth-order valence-electron chi connectivity index (χ4n) is 1.03. The van der Waals surface area contributed by atoms with Crippen molar-refractivity contribution in [2.75, 3.05) is 11.9 Å². The highest BCUT2D eigenvalue weighted by Gasteiger charge is 2.04. The van der Waals surface area contributed by atoms with Crippen molar-refractivity contribution in [3.8, 4) is 0 Å². The second kappa shape index (κ2) is 4.61. The number of carbonyl (C=O) groups is 1. The van der Waals surface area contributed by atoms with Crippen LogP contribution in [0, 0.1) is 0 Å². The van der Waals surface area contributed by atoms with E-state index in [4.69, 9.17) is 5.73 Å². The smallest absolute Gasteiger partial charge is 0.226 e. The van der Waals surface area contributed by atoms with Crippen molar-refractivity contribution < 1.29 is 4.79 Å². The van der Waals surface area contributed by atoms with E-state index in [1.165, 1.54) is 0 Å². The molecule has 0 aromatic carbocycles. The summed E-state index contributed by atoms with van der Waals surface area (Å²) >= 11 is 0. The summed E-state index contributed by atoms with van der Waals surface area (Å²) in [4.78, 5) is 11.1. The van der Waals surface area contributed by atoms with E-state index in [9.17, 15) is 4.79 Å². The molecule has 0 fully saturated rings. The molecule has 1 aromatic rings. The lowest BCUT2D eigenvalue weighted by molar-refractivity contribution is -0.116. The first-order valence-electron chi connectivity index (χ1n) is 4.29. The number of carbonyl (C=O) groups excluding carboxylic acids is 1. The first kappa shape index (κ1) is 9.73. The highest BCUT2D eigenvalue weighted by Crippen LogP contribution is 2.05. The number of amides is 1. The van der Waals surface area contributed by atoms with E-state index in [-0.39, 0.29) is 5.91 Å². The number of aromatic nitrogens is 2. The highest BCUT2D eigenvalue weighted by atomic mass is 16.1. The van der Waals surface area contributed by atoms with Crippen LogP contribution in [0.1, 0.15) is 13.3 Å². The van der Waals surface area contributed by atoms with Gasteiger partial charge in [-0.2, -0.15) is 5.10 Å². The molecule has 0 atom stereocenters. The number of hydrogen-bond acceptors (Lipinski definition) is 3. The number of hydrogen-bond donors (Lipinski definition) is 2. The quantitative estimate of drug-likeness (QED) is 0.698. The van der Waals surface area contributed by atoms with Crippen LogP contribution in [0.4, 0.5) is 5.82 Å². The summed E-state index contributed by atoms with van der Waals surface area (Å²) in [5.74, 6) is 0.652. The molecule has 72 valence electrons. The second-order valence-corrected chi connectivity index (χ2v) is 2.62. The van der Waals surface area contributed by atoms with Crippen molar-refractivity contribution in [3.63, 3.8) is 0 Å². The Morgan fingerprint density at radius 2 is 2.54 bits per heavy atom. The first-order valence-corrected chi connectivity index (χ1v) is 4.29. The van der Waals surface area contributed by atoms with E-state index in [1.807, 2.05) is 6.92 Å². The van der Waals surface area contributed by atoms with Crippen LogP contribution >= 0.6 is 0 Å². The molecule has 5 nitrogen and oxygen atoms in total. The summed E-state index contributed by atoms with van der Waals surface area (Å²) in [7, 11) is 0. The molecule has 13 heavy (non-hydrogen) atoms. The van der Waals surface area contributed by atoms with Gasteiger partial charge in [0, 0.05) is 25.6 Å². The van der Waals surface area contributed by atoms with Crippen LogP contribution in [-0.2, 0) is 11.3 Å². The third-order valence-corrected chi connectivity index (χ3v) is 1.65. The van der Waals surface area contributed by atoms with Crippen molar-refractivity contribution in [3.05, 3.63) is 12.3 Å². The number of aryl methyl sites for hydroxylation is 1. The fourth-order valence-corrected chi connectivity index (χ4v) is 1.03. The Bertz CT molecular complexity index is 281. The van der Waals surface area contributed by atoms with Gasteiger partial charge >= 0.3 is 0 Å². The van der Waals surface area contributed by atoms with Crippen molar-refractivity contribution in [1.82, 2.24) is 9.78 Å². The summed E-state index contributed by atoms with van der Waals surface area (Å²) < 4.78 is 1.72. The Hall–Kier alpha value is -1.36. The number of nitrogens with two attached hydrogens (primary N) is 1. The van der Waals surface area contributed by atoms with Gasteiger partial charge in [-0.3, -0.25) is 4.79 Å². The molecular weight excluding hydrogens is 168 g/mol. The maximum Gasteiger partial charge on any atom is 0.226 e. The van der Waals surface area contributed by atoms with Crippen molar-refractivity contribution in [2.24, 2.45) is 5.73 Å². The Morgan fingerprint density at radius 1 is 1.77 bits per heavy atom. The number of nitrogens with zero attached hydrogens (tertiary/aromatic N) is 2. The van der Waals surface area contributed by atoms with E-state index in [1.54, 1.807) is 16.9 Å². The average Bonchev–Trinajstić information content (AvgIpc) is 2.52. The van der Waals surface area contributed by atoms with Gasteiger partial charge < -0.3 is 11.1 Å². The van der Waals surface area contributed by atoms with Gasteiger partial charge in [0.25, 0.3) is 0 Å². The summed E-state index contributed by atoms with van der Waals surface area (Å²) in [6.07, 6.45) is 2.00. The van der Waals surface area contributed by atoms with Crippen LogP contribution < -0.4 is 11.1 Å². The second-order valence-electron chi connectivity index (χ2n) is 2.62. The minimum atomic E-state index is -0.0716. The van der Waals surface area contributed by atoms with Gasteiger partial charge in [-0.05, 0) is 6.92 Å². The maximum absolute atomic E-state index is 11.1. The van der Waals surface area contributed by atoms with E-state index in [0.717, 1.165) is 12.4 Å². The molecule has 0 saturated carbocycles. The standard InChI is InChI=1S/C8H14N4O/c1-2-12-7(4-6-10-12)11-8(13)3-5-9/h4,6H,2-3,5,9H2,1H3,(H,11,13). The fraction of sp³-hybridized carbons (Fsp3) is 0.500. The molecule has 0 aliphatic rings. The van der Waals surface area contributed by atoms with Crippen LogP contribution in [-0.4, -0.2) is 22.2 Å². The molecule has 1 amide bonds. The number of anilines is 1. The topological polar surface area (TPSA) is 72.9 Å². The van der Waals surface area contributed by atoms with E-state index < -0.39 is 0 Å². The molecule has 0 bridgehead atoms. The number of nitrogens with one attached hydrogen (secondary N) is 1. The van der Waals surface area contributed by atoms with Crippen molar-refractivity contribution in [2.45, 2.75) is 19.9 Å². The summed E-state index contributed by atoms with van der Waals surface area (Å²) in [5.41, 5.74) is 5.25. The van der Waals surface area contributed by atoms with Gasteiger partial charge in [-0.25, -0.2) is 4.68 Å². The molecule has 0 saturated heterocycles. The largest absolute Gasteiger partial charge is 0.330 e. The van der Waals surface area contributed by atoms with E-state index in [2.05, 4.69) is 10.4 Å². The van der Waals surface area contributed by atoms with Crippen LogP contribution in [0.2, 0.25) is 0 Å². The summed E-state index contributed by atoms with van der Waals surface area (Å²) in [6, 6.07) is 1.76. The minimum Gasteiger partial charge on any atom is -0.330 e. The van der Waals surface area contributed by atoms with Gasteiger partial charge in [0.2, 0.25) is 5.91 Å². The van der Waals surface area contributed by atoms with Gasteiger partial charge in [-0.1, -0.05) is 0 Å². The summed E-state index contributed by atoms with van der Waals surface area (Å²) in [5, 5.41) is 6.74. The molecule has 3 N–H and O–H groups in total. The zero-order valence-corrected chi connectivity index (χ0v) is 7.66. The lowest BCUT2D eigenvalue weighted by atomic mass is 10.4. The predicted octanol–water partition coefficient (Wildman–Crippen LogP) is 0.190. The SMILES string of the molecule is CCn1nccc1NC(=O)CCN. The average molecular weight is 182 g/mol. The zero-order valence-electron chi connectivity index (χ0n) is 7.66. The molecule has 1 aromatic heterocycles. The van der Waals surface area contributed by atoms with Crippen LogP contribution in [0.15, 0.2) is 12.3 Å². The molecule has 0 unspecified atom stereocenters. The Morgan fingerprint density at radius 3 is 3.15 bits per heavy atom. The molecule has 0 radical (unpaired) electrons. The predicted molar refractivity (Wildman–Crippen MR) is 50.2 cm³/mol. The molecule has 0 aliphatic heterocycles. The molecule has 1 heterocycles. The maximum atomic E-state index is 11.1. The van der Waals surface area contributed by atoms with E-state index in [0.29, 0.717) is 13.0 Å². The summed E-state index contributed by atoms with van der Waals surface area (Å²) in [6.45, 7) is 3.07.